The Hall–Kier alpha value is -1.58. The second-order valence-corrected chi connectivity index (χ2v) is 5.41. The third kappa shape index (κ3) is 2.88. The average Bonchev–Trinajstić information content (AvgIpc) is 2.83. The summed E-state index contributed by atoms with van der Waals surface area (Å²) in [6.45, 7) is 1.66. The molecule has 0 amide bonds. The third-order valence-electron chi connectivity index (χ3n) is 3.09. The first-order valence-corrected chi connectivity index (χ1v) is 7.02. The molecular formula is C16H14BrNO. The molecule has 1 N–H and O–H groups in total. The fourth-order valence-corrected chi connectivity index (χ4v) is 2.60. The van der Waals surface area contributed by atoms with E-state index in [1.165, 1.54) is 16.5 Å². The first kappa shape index (κ1) is 12.5. The van der Waals surface area contributed by atoms with Crippen LogP contribution >= 0.6 is 15.9 Å². The highest BCUT2D eigenvalue weighted by atomic mass is 79.9. The summed E-state index contributed by atoms with van der Waals surface area (Å²) in [5.74, 6) is 0. The van der Waals surface area contributed by atoms with Crippen LogP contribution in [0, 0.1) is 0 Å². The Kier molecular flexibility index (Phi) is 3.67. The highest BCUT2D eigenvalue weighted by Gasteiger charge is 2.04. The summed E-state index contributed by atoms with van der Waals surface area (Å²) in [4.78, 5) is 0. The molecule has 0 saturated heterocycles. The molecule has 0 bridgehead atoms. The molecule has 3 aromatic rings. The van der Waals surface area contributed by atoms with Gasteiger partial charge in [0, 0.05) is 28.5 Å². The van der Waals surface area contributed by atoms with Crippen LogP contribution < -0.4 is 5.32 Å². The zero-order chi connectivity index (χ0) is 13.1. The van der Waals surface area contributed by atoms with Crippen molar-refractivity contribution >= 4 is 26.9 Å². The smallest absolute Gasteiger partial charge is 0.134 e. The van der Waals surface area contributed by atoms with Gasteiger partial charge in [-0.2, -0.15) is 0 Å². The third-order valence-corrected chi connectivity index (χ3v) is 3.59. The monoisotopic (exact) mass is 315 g/mol. The predicted octanol–water partition coefficient (Wildman–Crippen LogP) is 4.49. The molecule has 1 aromatic heterocycles. The molecule has 2 aromatic carbocycles. The number of hydrogen-bond donors (Lipinski definition) is 1. The molecule has 2 nitrogen and oxygen atoms in total. The molecule has 1 heterocycles. The molecule has 0 aliphatic rings. The molecule has 0 spiro atoms. The molecule has 0 saturated carbocycles. The first-order chi connectivity index (χ1) is 9.33. The van der Waals surface area contributed by atoms with Gasteiger partial charge in [-0.3, -0.25) is 0 Å². The van der Waals surface area contributed by atoms with E-state index in [9.17, 15) is 0 Å². The van der Waals surface area contributed by atoms with Gasteiger partial charge in [0.2, 0.25) is 0 Å². The quantitative estimate of drug-likeness (QED) is 0.767. The molecule has 0 radical (unpaired) electrons. The summed E-state index contributed by atoms with van der Waals surface area (Å²) in [6.07, 6.45) is 1.83. The van der Waals surface area contributed by atoms with Gasteiger partial charge in [-0.05, 0) is 23.8 Å². The van der Waals surface area contributed by atoms with Gasteiger partial charge < -0.3 is 9.73 Å². The van der Waals surface area contributed by atoms with Crippen LogP contribution in [-0.4, -0.2) is 0 Å². The second kappa shape index (κ2) is 5.59. The lowest BCUT2D eigenvalue weighted by atomic mass is 10.1. The summed E-state index contributed by atoms with van der Waals surface area (Å²) < 4.78 is 6.64. The minimum atomic E-state index is 0.809. The molecule has 0 aliphatic heterocycles. The fourth-order valence-electron chi connectivity index (χ4n) is 2.16. The van der Waals surface area contributed by atoms with Gasteiger partial charge in [0.25, 0.3) is 0 Å². The Morgan fingerprint density at radius 2 is 1.89 bits per heavy atom. The van der Waals surface area contributed by atoms with Crippen molar-refractivity contribution in [3.8, 4) is 0 Å². The van der Waals surface area contributed by atoms with E-state index in [2.05, 4.69) is 39.4 Å². The molecule has 0 atom stereocenters. The van der Waals surface area contributed by atoms with Gasteiger partial charge in [0.05, 0.1) is 6.26 Å². The average molecular weight is 316 g/mol. The van der Waals surface area contributed by atoms with Crippen molar-refractivity contribution in [2.24, 2.45) is 0 Å². The largest absolute Gasteiger partial charge is 0.464 e. The van der Waals surface area contributed by atoms with E-state index in [1.54, 1.807) is 0 Å². The molecule has 0 unspecified atom stereocenters. The number of nitrogens with one attached hydrogen (secondary N) is 1. The SMILES string of the molecule is Brc1cccc(CNCc2coc3ccccc23)c1. The van der Waals surface area contributed by atoms with Crippen LogP contribution in [0.15, 0.2) is 63.7 Å². The highest BCUT2D eigenvalue weighted by molar-refractivity contribution is 9.10. The normalized spacial score (nSPS) is 11.0. The lowest BCUT2D eigenvalue weighted by Gasteiger charge is -2.04. The Bertz CT molecular complexity index is 690. The van der Waals surface area contributed by atoms with Crippen LogP contribution in [0.3, 0.4) is 0 Å². The van der Waals surface area contributed by atoms with Gasteiger partial charge in [-0.25, -0.2) is 0 Å². The van der Waals surface area contributed by atoms with Gasteiger partial charge >= 0.3 is 0 Å². The van der Waals surface area contributed by atoms with Crippen molar-refractivity contribution in [1.82, 2.24) is 5.32 Å². The Morgan fingerprint density at radius 1 is 1.00 bits per heavy atom. The van der Waals surface area contributed by atoms with E-state index in [1.807, 2.05) is 36.6 Å². The minimum Gasteiger partial charge on any atom is -0.464 e. The number of benzene rings is 2. The number of para-hydroxylation sites is 1. The number of fused-ring (bicyclic) bond motifs is 1. The van der Waals surface area contributed by atoms with Crippen LogP contribution in [0.2, 0.25) is 0 Å². The molecule has 3 rings (SSSR count). The van der Waals surface area contributed by atoms with E-state index in [0.717, 1.165) is 23.1 Å². The van der Waals surface area contributed by atoms with E-state index in [-0.39, 0.29) is 0 Å². The maximum Gasteiger partial charge on any atom is 0.134 e. The van der Waals surface area contributed by atoms with Crippen LogP contribution in [0.25, 0.3) is 11.0 Å². The van der Waals surface area contributed by atoms with Gasteiger partial charge in [0.15, 0.2) is 0 Å². The molecule has 3 heteroatoms. The van der Waals surface area contributed by atoms with Crippen molar-refractivity contribution < 1.29 is 4.42 Å². The summed E-state index contributed by atoms with van der Waals surface area (Å²) in [7, 11) is 0. The topological polar surface area (TPSA) is 25.2 Å². The zero-order valence-electron chi connectivity index (χ0n) is 10.4. The Morgan fingerprint density at radius 3 is 2.79 bits per heavy atom. The van der Waals surface area contributed by atoms with Crippen LogP contribution in [0.5, 0.6) is 0 Å². The Balaban J connectivity index is 1.66. The van der Waals surface area contributed by atoms with Crippen LogP contribution in [-0.2, 0) is 13.1 Å². The van der Waals surface area contributed by atoms with Crippen molar-refractivity contribution in [3.63, 3.8) is 0 Å². The second-order valence-electron chi connectivity index (χ2n) is 4.49. The van der Waals surface area contributed by atoms with E-state index < -0.39 is 0 Å². The maximum absolute atomic E-state index is 5.52. The molecule has 0 fully saturated rings. The van der Waals surface area contributed by atoms with E-state index >= 15 is 0 Å². The lowest BCUT2D eigenvalue weighted by molar-refractivity contribution is 0.602. The molecule has 96 valence electrons. The van der Waals surface area contributed by atoms with Crippen molar-refractivity contribution in [2.45, 2.75) is 13.1 Å². The number of halogens is 1. The van der Waals surface area contributed by atoms with Crippen LogP contribution in [0.4, 0.5) is 0 Å². The van der Waals surface area contributed by atoms with Crippen molar-refractivity contribution in [1.29, 1.82) is 0 Å². The summed E-state index contributed by atoms with van der Waals surface area (Å²) in [5, 5.41) is 4.63. The highest BCUT2D eigenvalue weighted by Crippen LogP contribution is 2.20. The Labute approximate surface area is 120 Å². The molecular weight excluding hydrogens is 302 g/mol. The zero-order valence-corrected chi connectivity index (χ0v) is 12.0. The summed E-state index contributed by atoms with van der Waals surface area (Å²) in [5.41, 5.74) is 3.41. The first-order valence-electron chi connectivity index (χ1n) is 6.23. The fraction of sp³-hybridized carbons (Fsp3) is 0.125. The molecule has 0 aliphatic carbocycles. The van der Waals surface area contributed by atoms with Gasteiger partial charge in [-0.1, -0.05) is 46.3 Å². The summed E-state index contributed by atoms with van der Waals surface area (Å²) >= 11 is 3.48. The number of rotatable bonds is 4. The summed E-state index contributed by atoms with van der Waals surface area (Å²) in [6, 6.07) is 16.4. The number of hydrogen-bond acceptors (Lipinski definition) is 2. The van der Waals surface area contributed by atoms with E-state index in [0.29, 0.717) is 0 Å². The van der Waals surface area contributed by atoms with Crippen molar-refractivity contribution in [3.05, 3.63) is 70.4 Å². The van der Waals surface area contributed by atoms with Crippen molar-refractivity contribution in [2.75, 3.05) is 0 Å². The van der Waals surface area contributed by atoms with Gasteiger partial charge in [-0.15, -0.1) is 0 Å². The standard InChI is InChI=1S/C16H14BrNO/c17-14-5-3-4-12(8-14)9-18-10-13-11-19-16-7-2-1-6-15(13)16/h1-8,11,18H,9-10H2. The number of furan rings is 1. The van der Waals surface area contributed by atoms with Crippen LogP contribution in [0.1, 0.15) is 11.1 Å². The lowest BCUT2D eigenvalue weighted by Crippen LogP contribution is -2.12. The van der Waals surface area contributed by atoms with E-state index in [4.69, 9.17) is 4.42 Å². The van der Waals surface area contributed by atoms with Gasteiger partial charge in [0.1, 0.15) is 5.58 Å². The minimum absolute atomic E-state index is 0.809. The maximum atomic E-state index is 5.52. The molecule has 19 heavy (non-hydrogen) atoms. The predicted molar refractivity (Wildman–Crippen MR) is 80.9 cm³/mol.